The third kappa shape index (κ3) is 3.72. The Bertz CT molecular complexity index is 1060. The van der Waals surface area contributed by atoms with Crippen molar-refractivity contribution < 1.29 is 17.9 Å². The van der Waals surface area contributed by atoms with Crippen LogP contribution in [0.15, 0.2) is 47.4 Å². The lowest BCUT2D eigenvalue weighted by molar-refractivity contribution is 0.0989. The van der Waals surface area contributed by atoms with Crippen molar-refractivity contribution in [1.29, 1.82) is 0 Å². The second-order valence-electron chi connectivity index (χ2n) is 8.47. The monoisotopic (exact) mass is 428 g/mol. The van der Waals surface area contributed by atoms with E-state index in [9.17, 15) is 13.2 Å². The smallest absolute Gasteiger partial charge is 0.258 e. The molecule has 30 heavy (non-hydrogen) atoms. The molecule has 2 heterocycles. The Hall–Kier alpha value is -2.38. The summed E-state index contributed by atoms with van der Waals surface area (Å²) in [5.41, 5.74) is 2.37. The van der Waals surface area contributed by atoms with Crippen LogP contribution in [0.4, 0.5) is 5.69 Å². The first-order valence-corrected chi connectivity index (χ1v) is 11.8. The molecular formula is C23H28N2O4S. The Morgan fingerprint density at radius 1 is 1.07 bits per heavy atom. The first kappa shape index (κ1) is 20.9. The lowest BCUT2D eigenvalue weighted by Gasteiger charge is -2.34. The molecule has 7 heteroatoms. The average Bonchev–Trinajstić information content (AvgIpc) is 3.16. The van der Waals surface area contributed by atoms with E-state index in [2.05, 4.69) is 13.8 Å². The number of anilines is 1. The van der Waals surface area contributed by atoms with Crippen molar-refractivity contribution >= 4 is 21.6 Å². The van der Waals surface area contributed by atoms with Gasteiger partial charge in [-0.25, -0.2) is 8.42 Å². The molecule has 6 nitrogen and oxygen atoms in total. The SMILES string of the molecule is COc1ccc(C(=O)N2CCc3ccccc32)cc1S(=O)(=O)N1CC(C)CC(C)C1. The van der Waals surface area contributed by atoms with Gasteiger partial charge in [0.15, 0.2) is 0 Å². The van der Waals surface area contributed by atoms with Gasteiger partial charge < -0.3 is 9.64 Å². The van der Waals surface area contributed by atoms with E-state index in [4.69, 9.17) is 4.74 Å². The van der Waals surface area contributed by atoms with Crippen molar-refractivity contribution in [3.63, 3.8) is 0 Å². The maximum atomic E-state index is 13.5. The first-order chi connectivity index (χ1) is 14.3. The van der Waals surface area contributed by atoms with Gasteiger partial charge in [-0.1, -0.05) is 32.0 Å². The summed E-state index contributed by atoms with van der Waals surface area (Å²) < 4.78 is 33.8. The standard InChI is InChI=1S/C23H28N2O4S/c1-16-12-17(2)15-24(14-16)30(27,28)22-13-19(8-9-21(22)29-3)23(26)25-11-10-18-6-4-5-7-20(18)25/h4-9,13,16-17H,10-12,14-15H2,1-3H3. The van der Waals surface area contributed by atoms with Crippen molar-refractivity contribution in [2.45, 2.75) is 31.6 Å². The van der Waals surface area contributed by atoms with E-state index in [-0.39, 0.29) is 16.6 Å². The first-order valence-electron chi connectivity index (χ1n) is 10.4. The summed E-state index contributed by atoms with van der Waals surface area (Å²) in [7, 11) is -2.32. The topological polar surface area (TPSA) is 66.9 Å². The molecule has 1 amide bonds. The molecule has 0 spiro atoms. The lowest BCUT2D eigenvalue weighted by atomic mass is 9.94. The highest BCUT2D eigenvalue weighted by Gasteiger charge is 2.34. The molecule has 0 aliphatic carbocycles. The second-order valence-corrected chi connectivity index (χ2v) is 10.4. The Balaban J connectivity index is 1.70. The predicted molar refractivity (Wildman–Crippen MR) is 117 cm³/mol. The Labute approximate surface area is 178 Å². The van der Waals surface area contributed by atoms with Crippen LogP contribution in [0.25, 0.3) is 0 Å². The Kier molecular flexibility index (Phi) is 5.59. The van der Waals surface area contributed by atoms with Gasteiger partial charge in [0, 0.05) is 30.9 Å². The van der Waals surface area contributed by atoms with Crippen LogP contribution >= 0.6 is 0 Å². The van der Waals surface area contributed by atoms with Crippen LogP contribution in [0.5, 0.6) is 5.75 Å². The number of fused-ring (bicyclic) bond motifs is 1. The van der Waals surface area contributed by atoms with Gasteiger partial charge in [-0.2, -0.15) is 4.31 Å². The molecule has 1 saturated heterocycles. The van der Waals surface area contributed by atoms with Crippen LogP contribution in [0.2, 0.25) is 0 Å². The molecule has 0 saturated carbocycles. The molecule has 2 unspecified atom stereocenters. The summed E-state index contributed by atoms with van der Waals surface area (Å²) in [6.45, 7) is 5.69. The van der Waals surface area contributed by atoms with Gasteiger partial charge in [-0.15, -0.1) is 0 Å². The Morgan fingerprint density at radius 3 is 2.47 bits per heavy atom. The van der Waals surface area contributed by atoms with Crippen LogP contribution in [0, 0.1) is 11.8 Å². The molecular weight excluding hydrogens is 400 g/mol. The van der Waals surface area contributed by atoms with Crippen LogP contribution in [-0.4, -0.2) is 45.4 Å². The zero-order valence-corrected chi connectivity index (χ0v) is 18.5. The quantitative estimate of drug-likeness (QED) is 0.747. The third-order valence-corrected chi connectivity index (χ3v) is 7.85. The van der Waals surface area contributed by atoms with Crippen molar-refractivity contribution in [3.8, 4) is 5.75 Å². The van der Waals surface area contributed by atoms with Crippen molar-refractivity contribution in [2.24, 2.45) is 11.8 Å². The van der Waals surface area contributed by atoms with Crippen molar-refractivity contribution in [2.75, 3.05) is 31.6 Å². The number of amides is 1. The van der Waals surface area contributed by atoms with E-state index in [0.717, 1.165) is 24.1 Å². The van der Waals surface area contributed by atoms with Gasteiger partial charge in [0.05, 0.1) is 7.11 Å². The minimum Gasteiger partial charge on any atom is -0.495 e. The molecule has 0 N–H and O–H groups in total. The van der Waals surface area contributed by atoms with Crippen LogP contribution < -0.4 is 9.64 Å². The number of sulfonamides is 1. The number of carbonyl (C=O) groups excluding carboxylic acids is 1. The van der Waals surface area contributed by atoms with Crippen LogP contribution in [0.1, 0.15) is 36.2 Å². The van der Waals surface area contributed by atoms with E-state index >= 15 is 0 Å². The minimum absolute atomic E-state index is 0.0598. The molecule has 2 aromatic carbocycles. The molecule has 2 aliphatic rings. The lowest BCUT2D eigenvalue weighted by Crippen LogP contribution is -2.42. The molecule has 0 radical (unpaired) electrons. The normalized spacial score (nSPS) is 22.0. The highest BCUT2D eigenvalue weighted by Crippen LogP contribution is 2.34. The zero-order valence-electron chi connectivity index (χ0n) is 17.7. The number of carbonyl (C=O) groups is 1. The van der Waals surface area contributed by atoms with Gasteiger partial charge >= 0.3 is 0 Å². The van der Waals surface area contributed by atoms with Gasteiger partial charge in [0.25, 0.3) is 5.91 Å². The summed E-state index contributed by atoms with van der Waals surface area (Å²) in [6, 6.07) is 12.5. The molecule has 2 aromatic rings. The van der Waals surface area contributed by atoms with E-state index < -0.39 is 10.0 Å². The van der Waals surface area contributed by atoms with Crippen molar-refractivity contribution in [1.82, 2.24) is 4.31 Å². The highest BCUT2D eigenvalue weighted by atomic mass is 32.2. The van der Waals surface area contributed by atoms with Crippen LogP contribution in [0.3, 0.4) is 0 Å². The van der Waals surface area contributed by atoms with Crippen LogP contribution in [-0.2, 0) is 16.4 Å². The molecule has 4 rings (SSSR count). The number of piperidine rings is 1. The predicted octanol–water partition coefficient (Wildman–Crippen LogP) is 3.56. The molecule has 2 atom stereocenters. The number of methoxy groups -OCH3 is 1. The van der Waals surface area contributed by atoms with Crippen molar-refractivity contribution in [3.05, 3.63) is 53.6 Å². The number of hydrogen-bond donors (Lipinski definition) is 0. The van der Waals surface area contributed by atoms with E-state index in [1.807, 2.05) is 24.3 Å². The third-order valence-electron chi connectivity index (χ3n) is 6.00. The fraction of sp³-hybridized carbons (Fsp3) is 0.435. The summed E-state index contributed by atoms with van der Waals surface area (Å²) in [5, 5.41) is 0. The van der Waals surface area contributed by atoms with E-state index in [1.165, 1.54) is 17.5 Å². The van der Waals surface area contributed by atoms with Gasteiger partial charge in [-0.3, -0.25) is 4.79 Å². The summed E-state index contributed by atoms with van der Waals surface area (Å²) in [4.78, 5) is 15.0. The Morgan fingerprint density at radius 2 is 1.77 bits per heavy atom. The fourth-order valence-corrected chi connectivity index (χ4v) is 6.52. The van der Waals surface area contributed by atoms with E-state index in [0.29, 0.717) is 37.0 Å². The number of nitrogens with zero attached hydrogens (tertiary/aromatic N) is 2. The molecule has 1 fully saturated rings. The molecule has 160 valence electrons. The molecule has 0 aromatic heterocycles. The van der Waals surface area contributed by atoms with Gasteiger partial charge in [-0.05, 0) is 54.5 Å². The van der Waals surface area contributed by atoms with Gasteiger partial charge in [0.1, 0.15) is 10.6 Å². The highest BCUT2D eigenvalue weighted by molar-refractivity contribution is 7.89. The average molecular weight is 429 g/mol. The summed E-state index contributed by atoms with van der Waals surface area (Å²) in [6.07, 6.45) is 1.81. The number of hydrogen-bond acceptors (Lipinski definition) is 4. The minimum atomic E-state index is -3.77. The molecule has 0 bridgehead atoms. The number of para-hydroxylation sites is 1. The number of ether oxygens (including phenoxy) is 1. The maximum absolute atomic E-state index is 13.5. The second kappa shape index (κ2) is 8.04. The number of rotatable bonds is 4. The largest absolute Gasteiger partial charge is 0.495 e. The number of benzene rings is 2. The van der Waals surface area contributed by atoms with E-state index in [1.54, 1.807) is 17.0 Å². The maximum Gasteiger partial charge on any atom is 0.258 e. The molecule has 2 aliphatic heterocycles. The fourth-order valence-electron chi connectivity index (χ4n) is 4.66. The zero-order chi connectivity index (χ0) is 21.5. The summed E-state index contributed by atoms with van der Waals surface area (Å²) >= 11 is 0. The van der Waals surface area contributed by atoms with Gasteiger partial charge in [0.2, 0.25) is 10.0 Å². The summed E-state index contributed by atoms with van der Waals surface area (Å²) in [5.74, 6) is 0.652.